The number of carbonyl (C=O) groups is 1. The number of nitrogens with one attached hydrogen (secondary N) is 1. The van der Waals surface area contributed by atoms with Crippen LogP contribution in [0.15, 0.2) is 11.1 Å². The van der Waals surface area contributed by atoms with Gasteiger partial charge in [0.2, 0.25) is 15.9 Å². The fourth-order valence-corrected chi connectivity index (χ4v) is 3.10. The predicted octanol–water partition coefficient (Wildman–Crippen LogP) is -0.851. The van der Waals surface area contributed by atoms with E-state index in [2.05, 4.69) is 10.4 Å². The van der Waals surface area contributed by atoms with Gasteiger partial charge in [0.15, 0.2) is 5.82 Å². The second-order valence-corrected chi connectivity index (χ2v) is 5.84. The Morgan fingerprint density at radius 2 is 2.16 bits per heavy atom. The van der Waals surface area contributed by atoms with Crippen molar-refractivity contribution >= 4 is 21.7 Å². The molecular weight excluding hydrogens is 270 g/mol. The number of carbonyl (C=O) groups excluding carboxylic acids is 1. The summed E-state index contributed by atoms with van der Waals surface area (Å²) in [5.41, 5.74) is 5.57. The fourth-order valence-electron chi connectivity index (χ4n) is 1.60. The van der Waals surface area contributed by atoms with E-state index in [9.17, 15) is 13.2 Å². The minimum atomic E-state index is -3.81. The summed E-state index contributed by atoms with van der Waals surface area (Å²) in [5, 5.41) is 6.35. The molecule has 0 radical (unpaired) electrons. The van der Waals surface area contributed by atoms with E-state index >= 15 is 0 Å². The van der Waals surface area contributed by atoms with E-state index in [1.165, 1.54) is 10.9 Å². The van der Waals surface area contributed by atoms with Crippen LogP contribution in [0.3, 0.4) is 0 Å². The standard InChI is InChI=1S/C10H19N5O3S/c1-4-12-9(16)7-15(5-2)19(17,18)8-6-14(3)13-10(8)11/h6H,4-5,7H2,1-3H3,(H2,11,13)(H,12,16). The molecule has 0 saturated carbocycles. The van der Waals surface area contributed by atoms with Crippen LogP contribution in [0.1, 0.15) is 13.8 Å². The monoisotopic (exact) mass is 289 g/mol. The number of nitrogens with zero attached hydrogens (tertiary/aromatic N) is 3. The number of rotatable bonds is 6. The topological polar surface area (TPSA) is 110 Å². The number of sulfonamides is 1. The van der Waals surface area contributed by atoms with Crippen LogP contribution in [0.4, 0.5) is 5.82 Å². The number of nitrogen functional groups attached to an aromatic ring is 1. The summed E-state index contributed by atoms with van der Waals surface area (Å²) in [6, 6.07) is 0. The van der Waals surface area contributed by atoms with Crippen molar-refractivity contribution in [3.8, 4) is 0 Å². The molecule has 108 valence electrons. The summed E-state index contributed by atoms with van der Waals surface area (Å²) in [7, 11) is -2.23. The van der Waals surface area contributed by atoms with E-state index in [0.29, 0.717) is 6.54 Å². The van der Waals surface area contributed by atoms with Crippen molar-refractivity contribution in [3.05, 3.63) is 6.20 Å². The van der Waals surface area contributed by atoms with Crippen LogP contribution in [0.2, 0.25) is 0 Å². The van der Waals surface area contributed by atoms with Crippen LogP contribution in [-0.4, -0.2) is 48.0 Å². The van der Waals surface area contributed by atoms with Gasteiger partial charge in [-0.1, -0.05) is 6.92 Å². The van der Waals surface area contributed by atoms with E-state index in [4.69, 9.17) is 5.73 Å². The molecule has 19 heavy (non-hydrogen) atoms. The van der Waals surface area contributed by atoms with Crippen molar-refractivity contribution < 1.29 is 13.2 Å². The van der Waals surface area contributed by atoms with Crippen LogP contribution >= 0.6 is 0 Å². The average Bonchev–Trinajstić information content (AvgIpc) is 2.66. The van der Waals surface area contributed by atoms with Crippen LogP contribution in [-0.2, 0) is 21.9 Å². The summed E-state index contributed by atoms with van der Waals surface area (Å²) in [6.45, 7) is 3.81. The highest BCUT2D eigenvalue weighted by Crippen LogP contribution is 2.20. The highest BCUT2D eigenvalue weighted by Gasteiger charge is 2.28. The number of aryl methyl sites for hydroxylation is 1. The molecule has 1 aromatic heterocycles. The van der Waals surface area contributed by atoms with Gasteiger partial charge in [-0.2, -0.15) is 9.40 Å². The smallest absolute Gasteiger partial charge is 0.248 e. The third kappa shape index (κ3) is 3.44. The highest BCUT2D eigenvalue weighted by molar-refractivity contribution is 7.89. The molecule has 1 aromatic rings. The average molecular weight is 289 g/mol. The van der Waals surface area contributed by atoms with E-state index in [-0.39, 0.29) is 29.7 Å². The third-order valence-electron chi connectivity index (χ3n) is 2.49. The molecule has 1 heterocycles. The van der Waals surface area contributed by atoms with Crippen LogP contribution in [0.25, 0.3) is 0 Å². The summed E-state index contributed by atoms with van der Waals surface area (Å²) in [5.74, 6) is -0.424. The van der Waals surface area contributed by atoms with Gasteiger partial charge in [-0.25, -0.2) is 8.42 Å². The van der Waals surface area contributed by atoms with E-state index in [1.54, 1.807) is 20.9 Å². The lowest BCUT2D eigenvalue weighted by atomic mass is 10.5. The first-order valence-corrected chi connectivity index (χ1v) is 7.32. The van der Waals surface area contributed by atoms with Crippen molar-refractivity contribution in [2.24, 2.45) is 7.05 Å². The number of hydrogen-bond acceptors (Lipinski definition) is 5. The molecule has 0 saturated heterocycles. The summed E-state index contributed by atoms with van der Waals surface area (Å²) < 4.78 is 27.1. The minimum Gasteiger partial charge on any atom is -0.381 e. The van der Waals surface area contributed by atoms with Crippen molar-refractivity contribution in [3.63, 3.8) is 0 Å². The van der Waals surface area contributed by atoms with Gasteiger partial charge in [0.25, 0.3) is 0 Å². The lowest BCUT2D eigenvalue weighted by Gasteiger charge is -2.19. The molecule has 8 nitrogen and oxygen atoms in total. The normalized spacial score (nSPS) is 11.8. The molecule has 0 bridgehead atoms. The zero-order chi connectivity index (χ0) is 14.6. The molecule has 0 unspecified atom stereocenters. The molecule has 0 fully saturated rings. The number of nitrogens with two attached hydrogens (primary N) is 1. The number of likely N-dealkylation sites (N-methyl/N-ethyl adjacent to an activating group) is 2. The minimum absolute atomic E-state index is 0.0724. The molecule has 9 heteroatoms. The number of amides is 1. The largest absolute Gasteiger partial charge is 0.381 e. The quantitative estimate of drug-likeness (QED) is 0.708. The van der Waals surface area contributed by atoms with Crippen LogP contribution in [0.5, 0.6) is 0 Å². The van der Waals surface area contributed by atoms with Gasteiger partial charge in [-0.3, -0.25) is 9.48 Å². The van der Waals surface area contributed by atoms with Gasteiger partial charge in [0.1, 0.15) is 4.90 Å². The zero-order valence-corrected chi connectivity index (χ0v) is 12.1. The van der Waals surface area contributed by atoms with Gasteiger partial charge < -0.3 is 11.1 Å². The van der Waals surface area contributed by atoms with Crippen LogP contribution < -0.4 is 11.1 Å². The lowest BCUT2D eigenvalue weighted by molar-refractivity contribution is -0.121. The van der Waals surface area contributed by atoms with Crippen molar-refractivity contribution in [2.75, 3.05) is 25.4 Å². The van der Waals surface area contributed by atoms with Gasteiger partial charge in [0.05, 0.1) is 6.54 Å². The molecule has 0 atom stereocenters. The maximum Gasteiger partial charge on any atom is 0.248 e. The zero-order valence-electron chi connectivity index (χ0n) is 11.3. The Labute approximate surface area is 112 Å². The summed E-state index contributed by atoms with van der Waals surface area (Å²) in [4.78, 5) is 11.4. The second kappa shape index (κ2) is 6.02. The second-order valence-electron chi connectivity index (χ2n) is 3.94. The molecule has 1 rings (SSSR count). The van der Waals surface area contributed by atoms with Crippen LogP contribution in [0, 0.1) is 0 Å². The van der Waals surface area contributed by atoms with E-state index in [1.807, 2.05) is 0 Å². The van der Waals surface area contributed by atoms with Gasteiger partial charge in [0, 0.05) is 26.3 Å². The Morgan fingerprint density at radius 3 is 2.58 bits per heavy atom. The molecular formula is C10H19N5O3S. The Balaban J connectivity index is 3.02. The molecule has 0 aliphatic heterocycles. The van der Waals surface area contributed by atoms with Crippen molar-refractivity contribution in [1.29, 1.82) is 0 Å². The number of aromatic nitrogens is 2. The Hall–Kier alpha value is -1.61. The predicted molar refractivity (Wildman–Crippen MR) is 70.7 cm³/mol. The van der Waals surface area contributed by atoms with Crippen molar-refractivity contribution in [2.45, 2.75) is 18.7 Å². The lowest BCUT2D eigenvalue weighted by Crippen LogP contribution is -2.40. The Kier molecular flexibility index (Phi) is 4.90. The molecule has 1 amide bonds. The van der Waals surface area contributed by atoms with E-state index in [0.717, 1.165) is 4.31 Å². The summed E-state index contributed by atoms with van der Waals surface area (Å²) >= 11 is 0. The molecule has 3 N–H and O–H groups in total. The maximum atomic E-state index is 12.3. The van der Waals surface area contributed by atoms with Crippen molar-refractivity contribution in [1.82, 2.24) is 19.4 Å². The third-order valence-corrected chi connectivity index (χ3v) is 4.42. The molecule has 0 aliphatic rings. The SMILES string of the molecule is CCNC(=O)CN(CC)S(=O)(=O)c1cn(C)nc1N. The van der Waals surface area contributed by atoms with Gasteiger partial charge in [-0.15, -0.1) is 0 Å². The summed E-state index contributed by atoms with van der Waals surface area (Å²) in [6.07, 6.45) is 1.32. The van der Waals surface area contributed by atoms with Gasteiger partial charge in [-0.05, 0) is 6.92 Å². The Morgan fingerprint density at radius 1 is 1.53 bits per heavy atom. The first-order chi connectivity index (χ1) is 8.82. The first kappa shape index (κ1) is 15.4. The van der Waals surface area contributed by atoms with E-state index < -0.39 is 10.0 Å². The number of anilines is 1. The molecule has 0 aromatic carbocycles. The number of hydrogen-bond donors (Lipinski definition) is 2. The highest BCUT2D eigenvalue weighted by atomic mass is 32.2. The Bertz CT molecular complexity index is 552. The maximum absolute atomic E-state index is 12.3. The first-order valence-electron chi connectivity index (χ1n) is 5.88. The van der Waals surface area contributed by atoms with Gasteiger partial charge >= 0.3 is 0 Å². The molecule has 0 aliphatic carbocycles. The molecule has 0 spiro atoms. The fraction of sp³-hybridized carbons (Fsp3) is 0.600.